The summed E-state index contributed by atoms with van der Waals surface area (Å²) in [4.78, 5) is 2.21. The van der Waals surface area contributed by atoms with Crippen molar-refractivity contribution < 1.29 is 9.50 Å². The second-order valence-electron chi connectivity index (χ2n) is 3.85. The summed E-state index contributed by atoms with van der Waals surface area (Å²) in [5.74, 6) is 0. The van der Waals surface area contributed by atoms with Gasteiger partial charge in [0.25, 0.3) is 0 Å². The summed E-state index contributed by atoms with van der Waals surface area (Å²) in [6, 6.07) is 0. The number of hydrogen-bond donors (Lipinski definition) is 1. The van der Waals surface area contributed by atoms with Crippen molar-refractivity contribution >= 4 is 0 Å². The maximum absolute atomic E-state index is 12.2. The minimum atomic E-state index is -0.0993. The number of nitrogens with zero attached hydrogens (tertiary/aromatic N) is 1. The lowest BCUT2D eigenvalue weighted by atomic mass is 9.94. The molecule has 2 aliphatic heterocycles. The Morgan fingerprint density at radius 2 is 2.29 bits per heavy atom. The third-order valence-corrected chi connectivity index (χ3v) is 3.14. The van der Waals surface area contributed by atoms with E-state index < -0.39 is 0 Å². The van der Waals surface area contributed by atoms with Crippen LogP contribution in [0.25, 0.3) is 0 Å². The molecule has 0 aromatic heterocycles. The second kappa shape index (κ2) is 4.89. The molecule has 2 saturated heterocycles. The topological polar surface area (TPSA) is 23.5 Å². The standard InChI is InChI=1S/C9H14FNO.C2H6/c10-5-8-4-9(7-12)2-1-3-11(9)6-8;1-2/h5,12H,1-4,6-7H2;1-2H3/b8-5+;/t9-;/m1./s1. The monoisotopic (exact) mass is 201 g/mol. The van der Waals surface area contributed by atoms with Gasteiger partial charge in [0, 0.05) is 12.1 Å². The quantitative estimate of drug-likeness (QED) is 0.702. The maximum atomic E-state index is 12.2. The molecule has 14 heavy (non-hydrogen) atoms. The van der Waals surface area contributed by atoms with Crippen molar-refractivity contribution in [1.29, 1.82) is 0 Å². The zero-order valence-corrected chi connectivity index (χ0v) is 9.09. The van der Waals surface area contributed by atoms with Crippen molar-refractivity contribution in [2.24, 2.45) is 0 Å². The van der Waals surface area contributed by atoms with Gasteiger partial charge in [0.1, 0.15) is 0 Å². The summed E-state index contributed by atoms with van der Waals surface area (Å²) in [6.45, 7) is 5.90. The molecule has 0 unspecified atom stereocenters. The van der Waals surface area contributed by atoms with Gasteiger partial charge in [0.15, 0.2) is 0 Å². The Labute approximate surface area is 85.4 Å². The Hall–Kier alpha value is -0.410. The van der Waals surface area contributed by atoms with Crippen LogP contribution >= 0.6 is 0 Å². The lowest BCUT2D eigenvalue weighted by Crippen LogP contribution is -2.41. The van der Waals surface area contributed by atoms with Gasteiger partial charge in [-0.3, -0.25) is 4.90 Å². The molecule has 2 rings (SSSR count). The third-order valence-electron chi connectivity index (χ3n) is 3.14. The van der Waals surface area contributed by atoms with E-state index in [2.05, 4.69) is 4.90 Å². The van der Waals surface area contributed by atoms with Crippen LogP contribution in [0.5, 0.6) is 0 Å². The highest BCUT2D eigenvalue weighted by Crippen LogP contribution is 2.40. The average molecular weight is 201 g/mol. The highest BCUT2D eigenvalue weighted by Gasteiger charge is 2.45. The van der Waals surface area contributed by atoms with Gasteiger partial charge in [-0.1, -0.05) is 13.8 Å². The van der Waals surface area contributed by atoms with Crippen molar-refractivity contribution in [3.63, 3.8) is 0 Å². The Balaban J connectivity index is 0.000000461. The van der Waals surface area contributed by atoms with E-state index >= 15 is 0 Å². The number of fused-ring (bicyclic) bond motifs is 1. The van der Waals surface area contributed by atoms with Crippen LogP contribution in [0.4, 0.5) is 4.39 Å². The van der Waals surface area contributed by atoms with Crippen LogP contribution in [0.15, 0.2) is 11.9 Å². The van der Waals surface area contributed by atoms with Gasteiger partial charge in [0.05, 0.1) is 12.9 Å². The van der Waals surface area contributed by atoms with Crippen molar-refractivity contribution in [3.05, 3.63) is 11.9 Å². The van der Waals surface area contributed by atoms with Crippen molar-refractivity contribution in [2.75, 3.05) is 19.7 Å². The third kappa shape index (κ3) is 1.84. The predicted molar refractivity (Wildman–Crippen MR) is 55.8 cm³/mol. The van der Waals surface area contributed by atoms with E-state index in [4.69, 9.17) is 0 Å². The van der Waals surface area contributed by atoms with Gasteiger partial charge in [0.2, 0.25) is 0 Å². The van der Waals surface area contributed by atoms with E-state index in [0.29, 0.717) is 6.33 Å². The molecule has 0 spiro atoms. The number of halogens is 1. The lowest BCUT2D eigenvalue weighted by molar-refractivity contribution is 0.1000. The number of hydrogen-bond acceptors (Lipinski definition) is 2. The molecule has 82 valence electrons. The van der Waals surface area contributed by atoms with Crippen LogP contribution in [-0.4, -0.2) is 35.2 Å². The highest BCUT2D eigenvalue weighted by molar-refractivity contribution is 5.18. The number of aliphatic hydroxyl groups excluding tert-OH is 1. The summed E-state index contributed by atoms with van der Waals surface area (Å²) >= 11 is 0. The normalized spacial score (nSPS) is 34.1. The van der Waals surface area contributed by atoms with E-state index in [1.165, 1.54) is 0 Å². The Bertz CT molecular complexity index is 217. The molecule has 0 bridgehead atoms. The summed E-state index contributed by atoms with van der Waals surface area (Å²) in [7, 11) is 0. The Kier molecular flexibility index (Phi) is 4.08. The fourth-order valence-corrected chi connectivity index (χ4v) is 2.47. The molecule has 0 radical (unpaired) electrons. The molecule has 0 saturated carbocycles. The SMILES string of the molecule is CC.OC[C@]12CCCN1C/C(=C/F)C2. The first-order chi connectivity index (χ1) is 6.80. The molecule has 2 heterocycles. The van der Waals surface area contributed by atoms with Crippen LogP contribution in [0.3, 0.4) is 0 Å². The largest absolute Gasteiger partial charge is 0.394 e. The van der Waals surface area contributed by atoms with Crippen LogP contribution in [0.1, 0.15) is 33.1 Å². The number of aliphatic hydroxyl groups is 1. The molecule has 0 aromatic carbocycles. The van der Waals surface area contributed by atoms with E-state index in [-0.39, 0.29) is 12.1 Å². The molecule has 1 N–H and O–H groups in total. The molecular formula is C11H20FNO. The Morgan fingerprint density at radius 1 is 1.57 bits per heavy atom. The molecular weight excluding hydrogens is 181 g/mol. The van der Waals surface area contributed by atoms with E-state index in [1.807, 2.05) is 13.8 Å². The lowest BCUT2D eigenvalue weighted by Gasteiger charge is -2.28. The second-order valence-corrected chi connectivity index (χ2v) is 3.85. The first-order valence-corrected chi connectivity index (χ1v) is 5.45. The van der Waals surface area contributed by atoms with Crippen molar-refractivity contribution in [3.8, 4) is 0 Å². The summed E-state index contributed by atoms with van der Waals surface area (Å²) < 4.78 is 12.2. The van der Waals surface area contributed by atoms with E-state index in [9.17, 15) is 9.50 Å². The zero-order valence-electron chi connectivity index (χ0n) is 9.09. The average Bonchev–Trinajstić information content (AvgIpc) is 2.76. The first-order valence-electron chi connectivity index (χ1n) is 5.45. The van der Waals surface area contributed by atoms with Gasteiger partial charge in [-0.15, -0.1) is 0 Å². The molecule has 1 atom stereocenters. The molecule has 0 aliphatic carbocycles. The fraction of sp³-hybridized carbons (Fsp3) is 0.818. The van der Waals surface area contributed by atoms with Crippen molar-refractivity contribution in [1.82, 2.24) is 4.90 Å². The fourth-order valence-electron chi connectivity index (χ4n) is 2.47. The van der Waals surface area contributed by atoms with Gasteiger partial charge < -0.3 is 5.11 Å². The molecule has 2 fully saturated rings. The van der Waals surface area contributed by atoms with E-state index in [1.54, 1.807) is 0 Å². The smallest absolute Gasteiger partial charge is 0.0872 e. The first kappa shape index (κ1) is 11.7. The number of rotatable bonds is 1. The van der Waals surface area contributed by atoms with E-state index in [0.717, 1.165) is 37.9 Å². The summed E-state index contributed by atoms with van der Waals surface area (Å²) in [5.41, 5.74) is 0.738. The molecule has 0 aromatic rings. The Morgan fingerprint density at radius 3 is 2.79 bits per heavy atom. The van der Waals surface area contributed by atoms with Gasteiger partial charge in [-0.25, -0.2) is 4.39 Å². The van der Waals surface area contributed by atoms with Crippen LogP contribution < -0.4 is 0 Å². The summed E-state index contributed by atoms with van der Waals surface area (Å²) in [5, 5.41) is 9.25. The molecule has 0 amide bonds. The van der Waals surface area contributed by atoms with Gasteiger partial charge >= 0.3 is 0 Å². The van der Waals surface area contributed by atoms with Crippen LogP contribution in [0.2, 0.25) is 0 Å². The molecule has 2 nitrogen and oxygen atoms in total. The van der Waals surface area contributed by atoms with Gasteiger partial charge in [-0.2, -0.15) is 0 Å². The molecule has 2 aliphatic rings. The minimum absolute atomic E-state index is 0.0993. The minimum Gasteiger partial charge on any atom is -0.394 e. The molecule has 3 heteroatoms. The zero-order chi connectivity index (χ0) is 10.6. The maximum Gasteiger partial charge on any atom is 0.0872 e. The van der Waals surface area contributed by atoms with Gasteiger partial charge in [-0.05, 0) is 31.4 Å². The van der Waals surface area contributed by atoms with Crippen LogP contribution in [0, 0.1) is 0 Å². The highest BCUT2D eigenvalue weighted by atomic mass is 19.1. The predicted octanol–water partition coefficient (Wildman–Crippen LogP) is 2.10. The summed E-state index contributed by atoms with van der Waals surface area (Å²) in [6.07, 6.45) is 3.58. The van der Waals surface area contributed by atoms with Crippen LogP contribution in [-0.2, 0) is 0 Å². The van der Waals surface area contributed by atoms with Crippen molar-refractivity contribution in [2.45, 2.75) is 38.6 Å².